The van der Waals surface area contributed by atoms with Gasteiger partial charge in [-0.05, 0) is 28.7 Å². The van der Waals surface area contributed by atoms with Gasteiger partial charge in [-0.3, -0.25) is 0 Å². The molecule has 1 rings (SSSR count). The Morgan fingerprint density at radius 2 is 2.13 bits per heavy atom. The monoisotopic (exact) mass is 314 g/mol. The summed E-state index contributed by atoms with van der Waals surface area (Å²) in [4.78, 5) is 0. The molecule has 0 spiro atoms. The zero-order valence-electron chi connectivity index (χ0n) is 7.95. The minimum Gasteiger partial charge on any atom is -0.493 e. The summed E-state index contributed by atoms with van der Waals surface area (Å²) in [5.74, 6) is 0.965. The number of methoxy groups -OCH3 is 1. The third-order valence-electron chi connectivity index (χ3n) is 1.64. The van der Waals surface area contributed by atoms with Gasteiger partial charge in [-0.1, -0.05) is 0 Å². The van der Waals surface area contributed by atoms with Gasteiger partial charge in [0.1, 0.15) is 6.07 Å². The van der Waals surface area contributed by atoms with Crippen molar-refractivity contribution >= 4 is 22.6 Å². The SMILES string of the molecule is COc1cc(C#N)cc(I)c1OCC#N. The summed E-state index contributed by atoms with van der Waals surface area (Å²) in [6.45, 7) is -0.0434. The van der Waals surface area contributed by atoms with Crippen molar-refractivity contribution in [3.05, 3.63) is 21.3 Å². The van der Waals surface area contributed by atoms with Gasteiger partial charge in [0.25, 0.3) is 0 Å². The van der Waals surface area contributed by atoms with Crippen LogP contribution in [0.25, 0.3) is 0 Å². The Morgan fingerprint density at radius 1 is 1.40 bits per heavy atom. The maximum Gasteiger partial charge on any atom is 0.176 e. The largest absolute Gasteiger partial charge is 0.493 e. The molecule has 0 bridgehead atoms. The van der Waals surface area contributed by atoms with Gasteiger partial charge in [0.15, 0.2) is 18.1 Å². The first kappa shape index (κ1) is 11.6. The molecule has 0 aliphatic carbocycles. The normalized spacial score (nSPS) is 8.80. The van der Waals surface area contributed by atoms with Gasteiger partial charge in [-0.15, -0.1) is 0 Å². The highest BCUT2D eigenvalue weighted by Crippen LogP contribution is 2.33. The number of halogens is 1. The highest BCUT2D eigenvalue weighted by molar-refractivity contribution is 14.1. The van der Waals surface area contributed by atoms with Gasteiger partial charge in [-0.2, -0.15) is 10.5 Å². The Labute approximate surface area is 101 Å². The molecule has 0 aliphatic rings. The van der Waals surface area contributed by atoms with Crippen LogP contribution in [0.4, 0.5) is 0 Å². The molecular formula is C10H7IN2O2. The van der Waals surface area contributed by atoms with Gasteiger partial charge < -0.3 is 9.47 Å². The van der Waals surface area contributed by atoms with Crippen molar-refractivity contribution in [3.8, 4) is 23.6 Å². The minimum atomic E-state index is -0.0434. The van der Waals surface area contributed by atoms with E-state index in [-0.39, 0.29) is 6.61 Å². The summed E-state index contributed by atoms with van der Waals surface area (Å²) in [6.07, 6.45) is 0. The molecule has 0 atom stereocenters. The van der Waals surface area contributed by atoms with E-state index in [2.05, 4.69) is 0 Å². The van der Waals surface area contributed by atoms with Crippen LogP contribution in [0, 0.1) is 26.2 Å². The molecule has 0 saturated carbocycles. The standard InChI is InChI=1S/C10H7IN2O2/c1-14-9-5-7(6-13)4-8(11)10(9)15-3-2-12/h4-5H,3H2,1H3. The fourth-order valence-corrected chi connectivity index (χ4v) is 1.79. The lowest BCUT2D eigenvalue weighted by atomic mass is 10.2. The molecule has 0 radical (unpaired) electrons. The van der Waals surface area contributed by atoms with E-state index in [1.54, 1.807) is 12.1 Å². The zero-order chi connectivity index (χ0) is 11.3. The number of nitriles is 2. The van der Waals surface area contributed by atoms with Crippen molar-refractivity contribution in [2.75, 3.05) is 13.7 Å². The fourth-order valence-electron chi connectivity index (χ4n) is 1.03. The molecule has 5 heteroatoms. The summed E-state index contributed by atoms with van der Waals surface area (Å²) in [6, 6.07) is 7.15. The summed E-state index contributed by atoms with van der Waals surface area (Å²) in [5, 5.41) is 17.2. The van der Waals surface area contributed by atoms with E-state index in [0.29, 0.717) is 17.1 Å². The second-order valence-corrected chi connectivity index (χ2v) is 3.71. The average Bonchev–Trinajstić information content (AvgIpc) is 2.26. The van der Waals surface area contributed by atoms with E-state index in [9.17, 15) is 0 Å². The van der Waals surface area contributed by atoms with E-state index >= 15 is 0 Å². The van der Waals surface area contributed by atoms with Crippen LogP contribution in [0.1, 0.15) is 5.56 Å². The quantitative estimate of drug-likeness (QED) is 0.801. The van der Waals surface area contributed by atoms with Crippen LogP contribution < -0.4 is 9.47 Å². The first-order valence-corrected chi connectivity index (χ1v) is 5.08. The number of rotatable bonds is 3. The number of benzene rings is 1. The Kier molecular flexibility index (Phi) is 4.19. The maximum atomic E-state index is 8.75. The van der Waals surface area contributed by atoms with Crippen LogP contribution in [0.5, 0.6) is 11.5 Å². The summed E-state index contributed by atoms with van der Waals surface area (Å²) < 4.78 is 11.0. The summed E-state index contributed by atoms with van der Waals surface area (Å²) in [5.41, 5.74) is 0.501. The molecule has 0 aliphatic heterocycles. The van der Waals surface area contributed by atoms with E-state index < -0.39 is 0 Å². The van der Waals surface area contributed by atoms with Gasteiger partial charge in [0.05, 0.1) is 22.3 Å². The Hall–Kier alpha value is -1.47. The predicted molar refractivity (Wildman–Crippen MR) is 61.5 cm³/mol. The third kappa shape index (κ3) is 2.74. The van der Waals surface area contributed by atoms with Gasteiger partial charge in [0.2, 0.25) is 0 Å². The van der Waals surface area contributed by atoms with E-state index in [4.69, 9.17) is 20.0 Å². The topological polar surface area (TPSA) is 66.0 Å². The molecule has 0 aromatic heterocycles. The molecule has 0 unspecified atom stereocenters. The van der Waals surface area contributed by atoms with Crippen LogP contribution in [-0.4, -0.2) is 13.7 Å². The third-order valence-corrected chi connectivity index (χ3v) is 2.44. The van der Waals surface area contributed by atoms with Gasteiger partial charge in [0, 0.05) is 6.07 Å². The Bertz CT molecular complexity index is 446. The first-order valence-electron chi connectivity index (χ1n) is 4.00. The fraction of sp³-hybridized carbons (Fsp3) is 0.200. The Balaban J connectivity index is 3.15. The van der Waals surface area contributed by atoms with Crippen molar-refractivity contribution in [2.45, 2.75) is 0 Å². The summed E-state index contributed by atoms with van der Waals surface area (Å²) in [7, 11) is 1.49. The lowest BCUT2D eigenvalue weighted by Crippen LogP contribution is -1.99. The molecule has 4 nitrogen and oxygen atoms in total. The number of hydrogen-bond donors (Lipinski definition) is 0. The van der Waals surface area contributed by atoms with Gasteiger partial charge in [-0.25, -0.2) is 0 Å². The highest BCUT2D eigenvalue weighted by atomic mass is 127. The molecule has 0 N–H and O–H groups in total. The van der Waals surface area contributed by atoms with Crippen LogP contribution >= 0.6 is 22.6 Å². The molecule has 0 fully saturated rings. The molecule has 0 heterocycles. The van der Waals surface area contributed by atoms with Crippen LogP contribution in [0.3, 0.4) is 0 Å². The highest BCUT2D eigenvalue weighted by Gasteiger charge is 2.11. The number of hydrogen-bond acceptors (Lipinski definition) is 4. The molecule has 0 amide bonds. The molecule has 0 saturated heterocycles. The maximum absolute atomic E-state index is 8.75. The predicted octanol–water partition coefficient (Wildman–Crippen LogP) is 2.07. The van der Waals surface area contributed by atoms with E-state index in [1.165, 1.54) is 7.11 Å². The zero-order valence-corrected chi connectivity index (χ0v) is 10.1. The summed E-state index contributed by atoms with van der Waals surface area (Å²) >= 11 is 2.03. The lowest BCUT2D eigenvalue weighted by molar-refractivity contribution is 0.327. The second kappa shape index (κ2) is 5.42. The smallest absolute Gasteiger partial charge is 0.176 e. The van der Waals surface area contributed by atoms with Crippen molar-refractivity contribution in [1.29, 1.82) is 10.5 Å². The van der Waals surface area contributed by atoms with E-state index in [0.717, 1.165) is 3.57 Å². The van der Waals surface area contributed by atoms with Crippen molar-refractivity contribution in [3.63, 3.8) is 0 Å². The minimum absolute atomic E-state index is 0.0434. The number of nitrogens with zero attached hydrogens (tertiary/aromatic N) is 2. The van der Waals surface area contributed by atoms with Crippen LogP contribution in [0.15, 0.2) is 12.1 Å². The van der Waals surface area contributed by atoms with Crippen LogP contribution in [-0.2, 0) is 0 Å². The molecular weight excluding hydrogens is 307 g/mol. The lowest BCUT2D eigenvalue weighted by Gasteiger charge is -2.10. The first-order chi connectivity index (χ1) is 7.22. The molecule has 1 aromatic carbocycles. The second-order valence-electron chi connectivity index (χ2n) is 2.55. The average molecular weight is 314 g/mol. The molecule has 15 heavy (non-hydrogen) atoms. The van der Waals surface area contributed by atoms with Gasteiger partial charge >= 0.3 is 0 Å². The number of ether oxygens (including phenoxy) is 2. The van der Waals surface area contributed by atoms with Crippen molar-refractivity contribution < 1.29 is 9.47 Å². The molecule has 1 aromatic rings. The molecule has 76 valence electrons. The Morgan fingerprint density at radius 3 is 2.67 bits per heavy atom. The van der Waals surface area contributed by atoms with Crippen molar-refractivity contribution in [2.24, 2.45) is 0 Å². The van der Waals surface area contributed by atoms with Crippen molar-refractivity contribution in [1.82, 2.24) is 0 Å². The van der Waals surface area contributed by atoms with Crippen LogP contribution in [0.2, 0.25) is 0 Å². The van der Waals surface area contributed by atoms with E-state index in [1.807, 2.05) is 34.7 Å².